The third kappa shape index (κ3) is 2.34. The van der Waals surface area contributed by atoms with E-state index in [-0.39, 0.29) is 6.61 Å². The Balaban J connectivity index is 2.18. The Kier molecular flexibility index (Phi) is 3.52. The van der Waals surface area contributed by atoms with E-state index in [4.69, 9.17) is 4.98 Å². The summed E-state index contributed by atoms with van der Waals surface area (Å²) in [7, 11) is 0. The van der Waals surface area contributed by atoms with Crippen molar-refractivity contribution >= 4 is 5.65 Å². The van der Waals surface area contributed by atoms with Gasteiger partial charge in [-0.2, -0.15) is 0 Å². The SMILES string of the molecule is Cc1cccc2nc(-c3ccc(C(C)C)cc3)c(CO)n12. The van der Waals surface area contributed by atoms with Crippen molar-refractivity contribution < 1.29 is 5.11 Å². The van der Waals surface area contributed by atoms with Crippen molar-refractivity contribution in [3.8, 4) is 11.3 Å². The first-order chi connectivity index (χ1) is 10.1. The number of benzene rings is 1. The maximum absolute atomic E-state index is 9.77. The summed E-state index contributed by atoms with van der Waals surface area (Å²) in [5, 5.41) is 9.77. The summed E-state index contributed by atoms with van der Waals surface area (Å²) in [4.78, 5) is 4.69. The lowest BCUT2D eigenvalue weighted by Gasteiger charge is -2.07. The number of aliphatic hydroxyl groups is 1. The summed E-state index contributed by atoms with van der Waals surface area (Å²) in [5.74, 6) is 0.514. The molecule has 0 aliphatic rings. The highest BCUT2D eigenvalue weighted by molar-refractivity contribution is 5.67. The number of pyridine rings is 1. The van der Waals surface area contributed by atoms with Gasteiger partial charge in [-0.1, -0.05) is 44.2 Å². The lowest BCUT2D eigenvalue weighted by Crippen LogP contribution is -1.97. The first-order valence-corrected chi connectivity index (χ1v) is 7.30. The number of hydrogen-bond acceptors (Lipinski definition) is 2. The smallest absolute Gasteiger partial charge is 0.137 e. The van der Waals surface area contributed by atoms with Gasteiger partial charge in [0, 0.05) is 11.3 Å². The first-order valence-electron chi connectivity index (χ1n) is 7.30. The van der Waals surface area contributed by atoms with Gasteiger partial charge in [-0.25, -0.2) is 4.98 Å². The van der Waals surface area contributed by atoms with Gasteiger partial charge in [0.05, 0.1) is 18.0 Å². The molecule has 2 heterocycles. The molecule has 0 unspecified atom stereocenters. The van der Waals surface area contributed by atoms with Crippen LogP contribution in [0.3, 0.4) is 0 Å². The molecule has 0 amide bonds. The second kappa shape index (κ2) is 5.34. The second-order valence-electron chi connectivity index (χ2n) is 5.70. The molecule has 0 saturated heterocycles. The van der Waals surface area contributed by atoms with E-state index in [1.165, 1.54) is 5.56 Å². The molecule has 3 nitrogen and oxygen atoms in total. The standard InChI is InChI=1S/C18H20N2O/c1-12(2)14-7-9-15(10-8-14)18-16(11-21)20-13(3)5-4-6-17(20)19-18/h4-10,12,21H,11H2,1-3H3. The van der Waals surface area contributed by atoms with E-state index in [1.54, 1.807) is 0 Å². The van der Waals surface area contributed by atoms with Crippen LogP contribution in [0.2, 0.25) is 0 Å². The first kappa shape index (κ1) is 13.8. The Bertz CT molecular complexity index is 770. The Morgan fingerprint density at radius 1 is 1.10 bits per heavy atom. The molecule has 0 spiro atoms. The van der Waals surface area contributed by atoms with Crippen molar-refractivity contribution in [2.24, 2.45) is 0 Å². The molecule has 1 aromatic carbocycles. The third-order valence-electron chi connectivity index (χ3n) is 3.93. The number of aliphatic hydroxyl groups excluding tert-OH is 1. The van der Waals surface area contributed by atoms with Gasteiger partial charge in [0.2, 0.25) is 0 Å². The molecule has 0 aliphatic carbocycles. The van der Waals surface area contributed by atoms with Gasteiger partial charge in [-0.05, 0) is 30.5 Å². The van der Waals surface area contributed by atoms with Gasteiger partial charge < -0.3 is 5.11 Å². The minimum absolute atomic E-state index is 0.0206. The Labute approximate surface area is 124 Å². The number of imidazole rings is 1. The molecule has 108 valence electrons. The molecule has 0 saturated carbocycles. The Morgan fingerprint density at radius 3 is 2.43 bits per heavy atom. The quantitative estimate of drug-likeness (QED) is 0.789. The van der Waals surface area contributed by atoms with Gasteiger partial charge in [-0.15, -0.1) is 0 Å². The fourth-order valence-electron chi connectivity index (χ4n) is 2.73. The van der Waals surface area contributed by atoms with E-state index in [2.05, 4.69) is 38.1 Å². The molecule has 0 bridgehead atoms. The van der Waals surface area contributed by atoms with Crippen LogP contribution in [0.15, 0.2) is 42.5 Å². The normalized spacial score (nSPS) is 11.5. The maximum Gasteiger partial charge on any atom is 0.137 e. The predicted octanol–water partition coefficient (Wildman–Crippen LogP) is 3.93. The Hall–Kier alpha value is -2.13. The van der Waals surface area contributed by atoms with Gasteiger partial charge in [0.25, 0.3) is 0 Å². The minimum atomic E-state index is -0.0206. The van der Waals surface area contributed by atoms with Crippen LogP contribution in [0.5, 0.6) is 0 Å². The van der Waals surface area contributed by atoms with Crippen LogP contribution in [0.1, 0.15) is 36.7 Å². The molecule has 21 heavy (non-hydrogen) atoms. The van der Waals surface area contributed by atoms with Crippen molar-refractivity contribution in [2.45, 2.75) is 33.3 Å². The lowest BCUT2D eigenvalue weighted by molar-refractivity contribution is 0.276. The summed E-state index contributed by atoms with van der Waals surface area (Å²) >= 11 is 0. The highest BCUT2D eigenvalue weighted by Crippen LogP contribution is 2.27. The lowest BCUT2D eigenvalue weighted by atomic mass is 10.0. The molecular weight excluding hydrogens is 260 g/mol. The highest BCUT2D eigenvalue weighted by Gasteiger charge is 2.14. The zero-order valence-electron chi connectivity index (χ0n) is 12.7. The molecule has 0 atom stereocenters. The fraction of sp³-hybridized carbons (Fsp3) is 0.278. The van der Waals surface area contributed by atoms with Crippen LogP contribution in [0.25, 0.3) is 16.9 Å². The van der Waals surface area contributed by atoms with Crippen LogP contribution in [-0.4, -0.2) is 14.5 Å². The fourth-order valence-corrected chi connectivity index (χ4v) is 2.73. The zero-order valence-corrected chi connectivity index (χ0v) is 12.7. The molecule has 0 radical (unpaired) electrons. The number of aromatic nitrogens is 2. The maximum atomic E-state index is 9.77. The van der Waals surface area contributed by atoms with Crippen LogP contribution in [0.4, 0.5) is 0 Å². The van der Waals surface area contributed by atoms with E-state index < -0.39 is 0 Å². The molecule has 2 aromatic heterocycles. The van der Waals surface area contributed by atoms with Crippen molar-refractivity contribution in [1.82, 2.24) is 9.38 Å². The molecular formula is C18H20N2O. The van der Waals surface area contributed by atoms with Crippen LogP contribution < -0.4 is 0 Å². The second-order valence-corrected chi connectivity index (χ2v) is 5.70. The number of fused-ring (bicyclic) bond motifs is 1. The molecule has 0 fully saturated rings. The van der Waals surface area contributed by atoms with E-state index in [0.29, 0.717) is 5.92 Å². The summed E-state index contributed by atoms with van der Waals surface area (Å²) in [6.45, 7) is 6.37. The Morgan fingerprint density at radius 2 is 1.81 bits per heavy atom. The predicted molar refractivity (Wildman–Crippen MR) is 85.4 cm³/mol. The monoisotopic (exact) mass is 280 g/mol. The van der Waals surface area contributed by atoms with E-state index in [9.17, 15) is 5.11 Å². The van der Waals surface area contributed by atoms with Crippen molar-refractivity contribution in [2.75, 3.05) is 0 Å². The van der Waals surface area contributed by atoms with Gasteiger partial charge >= 0.3 is 0 Å². The summed E-state index contributed by atoms with van der Waals surface area (Å²) < 4.78 is 2.02. The van der Waals surface area contributed by atoms with Crippen molar-refractivity contribution in [3.63, 3.8) is 0 Å². The van der Waals surface area contributed by atoms with Crippen LogP contribution >= 0.6 is 0 Å². The van der Waals surface area contributed by atoms with Gasteiger partial charge in [0.15, 0.2) is 0 Å². The minimum Gasteiger partial charge on any atom is -0.390 e. The summed E-state index contributed by atoms with van der Waals surface area (Å²) in [6.07, 6.45) is 0. The molecule has 3 aromatic rings. The van der Waals surface area contributed by atoms with Crippen molar-refractivity contribution in [3.05, 3.63) is 59.4 Å². The highest BCUT2D eigenvalue weighted by atomic mass is 16.3. The molecule has 3 heteroatoms. The number of nitrogens with zero attached hydrogens (tertiary/aromatic N) is 2. The van der Waals surface area contributed by atoms with E-state index in [1.807, 2.05) is 29.5 Å². The third-order valence-corrected chi connectivity index (χ3v) is 3.93. The number of rotatable bonds is 3. The van der Waals surface area contributed by atoms with E-state index >= 15 is 0 Å². The van der Waals surface area contributed by atoms with E-state index in [0.717, 1.165) is 28.3 Å². The molecule has 0 aliphatic heterocycles. The summed E-state index contributed by atoms with van der Waals surface area (Å²) in [6, 6.07) is 14.4. The van der Waals surface area contributed by atoms with Crippen LogP contribution in [0, 0.1) is 6.92 Å². The zero-order chi connectivity index (χ0) is 15.0. The van der Waals surface area contributed by atoms with Crippen molar-refractivity contribution in [1.29, 1.82) is 0 Å². The van der Waals surface area contributed by atoms with Gasteiger partial charge in [0.1, 0.15) is 5.65 Å². The summed E-state index contributed by atoms with van der Waals surface area (Å²) in [5.41, 5.74) is 6.02. The average Bonchev–Trinajstić information content (AvgIpc) is 2.87. The topological polar surface area (TPSA) is 37.5 Å². The molecule has 1 N–H and O–H groups in total. The van der Waals surface area contributed by atoms with Crippen LogP contribution in [-0.2, 0) is 6.61 Å². The largest absolute Gasteiger partial charge is 0.390 e. The number of hydrogen-bond donors (Lipinski definition) is 1. The molecule has 3 rings (SSSR count). The number of aryl methyl sites for hydroxylation is 1. The van der Waals surface area contributed by atoms with Gasteiger partial charge in [-0.3, -0.25) is 4.40 Å². The average molecular weight is 280 g/mol.